The SMILES string of the molecule is COc1ccc2nc(-c3ccc(O)c(Cl)c3)[nH]c2c1. The number of hydrogen-bond acceptors (Lipinski definition) is 3. The number of aromatic amines is 1. The molecule has 0 spiro atoms. The van der Waals surface area contributed by atoms with Gasteiger partial charge in [-0.15, -0.1) is 0 Å². The van der Waals surface area contributed by atoms with Crippen LogP contribution in [0.1, 0.15) is 0 Å². The van der Waals surface area contributed by atoms with E-state index >= 15 is 0 Å². The Hall–Kier alpha value is -2.20. The highest BCUT2D eigenvalue weighted by Gasteiger charge is 2.08. The van der Waals surface area contributed by atoms with E-state index < -0.39 is 0 Å². The first-order valence-corrected chi connectivity index (χ1v) is 6.08. The molecule has 4 nitrogen and oxygen atoms in total. The Bertz CT molecular complexity index is 752. The van der Waals surface area contributed by atoms with Crippen molar-refractivity contribution in [2.75, 3.05) is 7.11 Å². The van der Waals surface area contributed by atoms with Crippen molar-refractivity contribution in [3.8, 4) is 22.9 Å². The summed E-state index contributed by atoms with van der Waals surface area (Å²) in [6, 6.07) is 10.6. The van der Waals surface area contributed by atoms with Crippen molar-refractivity contribution in [2.45, 2.75) is 0 Å². The largest absolute Gasteiger partial charge is 0.506 e. The maximum absolute atomic E-state index is 9.42. The van der Waals surface area contributed by atoms with Crippen LogP contribution in [-0.2, 0) is 0 Å². The molecule has 0 radical (unpaired) electrons. The zero-order chi connectivity index (χ0) is 13.4. The molecule has 0 bridgehead atoms. The summed E-state index contributed by atoms with van der Waals surface area (Å²) >= 11 is 5.90. The van der Waals surface area contributed by atoms with Crippen LogP contribution in [0.4, 0.5) is 0 Å². The van der Waals surface area contributed by atoms with Gasteiger partial charge in [-0.1, -0.05) is 11.6 Å². The topological polar surface area (TPSA) is 58.1 Å². The van der Waals surface area contributed by atoms with Gasteiger partial charge in [0, 0.05) is 11.6 Å². The Labute approximate surface area is 114 Å². The average molecular weight is 275 g/mol. The minimum atomic E-state index is 0.0585. The molecule has 1 heterocycles. The zero-order valence-corrected chi connectivity index (χ0v) is 10.9. The fourth-order valence-electron chi connectivity index (χ4n) is 1.91. The molecule has 0 fully saturated rings. The third-order valence-corrected chi connectivity index (χ3v) is 3.21. The number of halogens is 1. The van der Waals surface area contributed by atoms with E-state index in [0.717, 1.165) is 22.3 Å². The molecular formula is C14H11ClN2O2. The van der Waals surface area contributed by atoms with Crippen molar-refractivity contribution < 1.29 is 9.84 Å². The van der Waals surface area contributed by atoms with Crippen LogP contribution in [0, 0.1) is 0 Å². The highest BCUT2D eigenvalue weighted by Crippen LogP contribution is 2.29. The molecule has 0 amide bonds. The predicted octanol–water partition coefficient (Wildman–Crippen LogP) is 3.60. The maximum atomic E-state index is 9.42. The highest BCUT2D eigenvalue weighted by molar-refractivity contribution is 6.32. The van der Waals surface area contributed by atoms with Crippen LogP contribution in [0.2, 0.25) is 5.02 Å². The number of rotatable bonds is 2. The van der Waals surface area contributed by atoms with E-state index in [1.54, 1.807) is 25.3 Å². The minimum absolute atomic E-state index is 0.0585. The number of hydrogen-bond donors (Lipinski definition) is 2. The summed E-state index contributed by atoms with van der Waals surface area (Å²) in [4.78, 5) is 7.68. The first-order valence-electron chi connectivity index (χ1n) is 5.70. The van der Waals surface area contributed by atoms with Gasteiger partial charge in [0.1, 0.15) is 17.3 Å². The molecular weight excluding hydrogens is 264 g/mol. The van der Waals surface area contributed by atoms with E-state index in [0.29, 0.717) is 10.8 Å². The van der Waals surface area contributed by atoms with Gasteiger partial charge in [0.2, 0.25) is 0 Å². The van der Waals surface area contributed by atoms with Crippen LogP contribution in [0.5, 0.6) is 11.5 Å². The monoisotopic (exact) mass is 274 g/mol. The molecule has 3 rings (SSSR count). The highest BCUT2D eigenvalue weighted by atomic mass is 35.5. The second-order valence-corrected chi connectivity index (χ2v) is 4.54. The van der Waals surface area contributed by atoms with Crippen molar-refractivity contribution in [3.63, 3.8) is 0 Å². The number of nitrogens with one attached hydrogen (secondary N) is 1. The van der Waals surface area contributed by atoms with Gasteiger partial charge in [0.25, 0.3) is 0 Å². The van der Waals surface area contributed by atoms with Crippen LogP contribution in [0.25, 0.3) is 22.4 Å². The van der Waals surface area contributed by atoms with Crippen LogP contribution < -0.4 is 4.74 Å². The number of aromatic nitrogens is 2. The number of H-pyrrole nitrogens is 1. The van der Waals surface area contributed by atoms with Gasteiger partial charge in [0.05, 0.1) is 23.2 Å². The Balaban J connectivity index is 2.11. The maximum Gasteiger partial charge on any atom is 0.138 e. The van der Waals surface area contributed by atoms with Crippen molar-refractivity contribution in [1.82, 2.24) is 9.97 Å². The van der Waals surface area contributed by atoms with E-state index in [1.165, 1.54) is 0 Å². The van der Waals surface area contributed by atoms with Gasteiger partial charge < -0.3 is 14.8 Å². The molecule has 2 N–H and O–H groups in total. The summed E-state index contributed by atoms with van der Waals surface area (Å²) in [5.41, 5.74) is 2.55. The molecule has 0 aliphatic rings. The van der Waals surface area contributed by atoms with Crippen molar-refractivity contribution in [3.05, 3.63) is 41.4 Å². The first-order chi connectivity index (χ1) is 9.17. The van der Waals surface area contributed by atoms with Crippen molar-refractivity contribution in [1.29, 1.82) is 0 Å². The average Bonchev–Trinajstić information content (AvgIpc) is 2.84. The molecule has 1 aromatic heterocycles. The Kier molecular flexibility index (Phi) is 2.80. The number of aromatic hydroxyl groups is 1. The molecule has 0 saturated heterocycles. The fourth-order valence-corrected chi connectivity index (χ4v) is 2.09. The number of phenols is 1. The van der Waals surface area contributed by atoms with E-state index in [9.17, 15) is 5.11 Å². The summed E-state index contributed by atoms with van der Waals surface area (Å²) in [5.74, 6) is 1.53. The first kappa shape index (κ1) is 11.9. The summed E-state index contributed by atoms with van der Waals surface area (Å²) in [7, 11) is 1.62. The number of phenolic OH excluding ortho intramolecular Hbond substituents is 1. The van der Waals surface area contributed by atoms with Crippen LogP contribution in [-0.4, -0.2) is 22.2 Å². The standard InChI is InChI=1S/C14H11ClN2O2/c1-19-9-3-4-11-12(7-9)17-14(16-11)8-2-5-13(18)10(15)6-8/h2-7,18H,1H3,(H,16,17). The molecule has 3 aromatic rings. The van der Waals surface area contributed by atoms with Gasteiger partial charge in [-0.05, 0) is 30.3 Å². The number of ether oxygens (including phenoxy) is 1. The van der Waals surface area contributed by atoms with Gasteiger partial charge in [-0.25, -0.2) is 4.98 Å². The van der Waals surface area contributed by atoms with Gasteiger partial charge in [0.15, 0.2) is 0 Å². The van der Waals surface area contributed by atoms with E-state index in [-0.39, 0.29) is 5.75 Å². The third-order valence-electron chi connectivity index (χ3n) is 2.91. The molecule has 19 heavy (non-hydrogen) atoms. The Morgan fingerprint density at radius 3 is 2.79 bits per heavy atom. The lowest BCUT2D eigenvalue weighted by molar-refractivity contribution is 0.415. The zero-order valence-electron chi connectivity index (χ0n) is 10.1. The number of benzene rings is 2. The Morgan fingerprint density at radius 2 is 2.05 bits per heavy atom. The lowest BCUT2D eigenvalue weighted by Crippen LogP contribution is -1.81. The minimum Gasteiger partial charge on any atom is -0.506 e. The second-order valence-electron chi connectivity index (χ2n) is 4.13. The molecule has 5 heteroatoms. The van der Waals surface area contributed by atoms with Crippen LogP contribution in [0.3, 0.4) is 0 Å². The van der Waals surface area contributed by atoms with Gasteiger partial charge >= 0.3 is 0 Å². The molecule has 0 aliphatic carbocycles. The van der Waals surface area contributed by atoms with Crippen molar-refractivity contribution in [2.24, 2.45) is 0 Å². The van der Waals surface area contributed by atoms with E-state index in [2.05, 4.69) is 9.97 Å². The molecule has 0 unspecified atom stereocenters. The van der Waals surface area contributed by atoms with Crippen molar-refractivity contribution >= 4 is 22.6 Å². The second kappa shape index (κ2) is 4.48. The third kappa shape index (κ3) is 2.11. The molecule has 96 valence electrons. The van der Waals surface area contributed by atoms with Gasteiger partial charge in [-0.3, -0.25) is 0 Å². The normalized spacial score (nSPS) is 10.8. The number of imidazole rings is 1. The molecule has 0 saturated carbocycles. The molecule has 2 aromatic carbocycles. The summed E-state index contributed by atoms with van der Waals surface area (Å²) in [5, 5.41) is 9.72. The van der Waals surface area contributed by atoms with E-state index in [1.807, 2.05) is 18.2 Å². The smallest absolute Gasteiger partial charge is 0.138 e. The summed E-state index contributed by atoms with van der Waals surface area (Å²) < 4.78 is 5.17. The summed E-state index contributed by atoms with van der Waals surface area (Å²) in [6.07, 6.45) is 0. The van der Waals surface area contributed by atoms with Gasteiger partial charge in [-0.2, -0.15) is 0 Å². The molecule has 0 atom stereocenters. The van der Waals surface area contributed by atoms with Crippen LogP contribution in [0.15, 0.2) is 36.4 Å². The number of fused-ring (bicyclic) bond motifs is 1. The Morgan fingerprint density at radius 1 is 1.21 bits per heavy atom. The van der Waals surface area contributed by atoms with Crippen LogP contribution >= 0.6 is 11.6 Å². The summed E-state index contributed by atoms with van der Waals surface area (Å²) in [6.45, 7) is 0. The number of nitrogens with zero attached hydrogens (tertiary/aromatic N) is 1. The number of methoxy groups -OCH3 is 1. The van der Waals surface area contributed by atoms with E-state index in [4.69, 9.17) is 16.3 Å². The lowest BCUT2D eigenvalue weighted by Gasteiger charge is -1.99. The molecule has 0 aliphatic heterocycles. The lowest BCUT2D eigenvalue weighted by atomic mass is 10.2. The predicted molar refractivity (Wildman–Crippen MR) is 74.8 cm³/mol. The quantitative estimate of drug-likeness (QED) is 0.751. The fraction of sp³-hybridized carbons (Fsp3) is 0.0714.